The summed E-state index contributed by atoms with van der Waals surface area (Å²) in [5.41, 5.74) is -0.501. The van der Waals surface area contributed by atoms with Gasteiger partial charge in [0.1, 0.15) is 5.92 Å². The number of nitrogens with zero attached hydrogens (tertiary/aromatic N) is 3. The molecule has 0 radical (unpaired) electrons. The van der Waals surface area contributed by atoms with E-state index < -0.39 is 47.8 Å². The van der Waals surface area contributed by atoms with Gasteiger partial charge < -0.3 is 10.4 Å². The molecule has 3 rings (SSSR count). The van der Waals surface area contributed by atoms with Crippen molar-refractivity contribution in [1.29, 1.82) is 5.26 Å². The van der Waals surface area contributed by atoms with Crippen molar-refractivity contribution in [3.05, 3.63) is 88.0 Å². The van der Waals surface area contributed by atoms with Gasteiger partial charge in [-0.2, -0.15) is 18.4 Å². The van der Waals surface area contributed by atoms with Gasteiger partial charge in [-0.3, -0.25) is 19.3 Å². The minimum absolute atomic E-state index is 0.0462. The first kappa shape index (κ1) is 26.0. The maximum Gasteiger partial charge on any atom is 0.416 e. The lowest BCUT2D eigenvalue weighted by molar-refractivity contribution is -0.138. The lowest BCUT2D eigenvalue weighted by Crippen LogP contribution is -2.50. The fraction of sp³-hybridized carbons (Fsp3) is 0.240. The summed E-state index contributed by atoms with van der Waals surface area (Å²) >= 11 is 0. The van der Waals surface area contributed by atoms with Crippen molar-refractivity contribution in [2.45, 2.75) is 25.4 Å². The van der Waals surface area contributed by atoms with Crippen LogP contribution in [0.25, 0.3) is 4.85 Å². The molecule has 36 heavy (non-hydrogen) atoms. The summed E-state index contributed by atoms with van der Waals surface area (Å²) in [4.78, 5) is 42.1. The number of hydrogen-bond donors (Lipinski definition) is 2. The minimum atomic E-state index is -4.69. The third kappa shape index (κ3) is 5.20. The lowest BCUT2D eigenvalue weighted by atomic mass is 9.78. The molecule has 0 bridgehead atoms. The van der Waals surface area contributed by atoms with Gasteiger partial charge in [-0.15, -0.1) is 0 Å². The summed E-state index contributed by atoms with van der Waals surface area (Å²) in [6, 6.07) is 11.8. The highest BCUT2D eigenvalue weighted by molar-refractivity contribution is 6.11. The summed E-state index contributed by atoms with van der Waals surface area (Å²) in [6.45, 7) is 8.87. The average Bonchev–Trinajstić information content (AvgIpc) is 2.83. The number of hydrogen-bond acceptors (Lipinski definition) is 4. The molecule has 0 aromatic heterocycles. The molecule has 2 aromatic carbocycles. The van der Waals surface area contributed by atoms with Crippen molar-refractivity contribution in [3.63, 3.8) is 0 Å². The minimum Gasteiger partial charge on any atom is -0.481 e. The highest BCUT2D eigenvalue weighted by atomic mass is 19.4. The van der Waals surface area contributed by atoms with Gasteiger partial charge >= 0.3 is 12.1 Å². The van der Waals surface area contributed by atoms with Crippen LogP contribution >= 0.6 is 0 Å². The van der Waals surface area contributed by atoms with Crippen LogP contribution < -0.4 is 10.2 Å². The van der Waals surface area contributed by atoms with E-state index in [2.05, 4.69) is 10.2 Å². The maximum absolute atomic E-state index is 13.7. The van der Waals surface area contributed by atoms with E-state index in [1.165, 1.54) is 37.3 Å². The number of carboxylic acids is 1. The summed E-state index contributed by atoms with van der Waals surface area (Å²) < 4.78 is 40.0. The van der Waals surface area contributed by atoms with Gasteiger partial charge in [0.15, 0.2) is 5.70 Å². The molecule has 11 heteroatoms. The molecule has 0 aliphatic carbocycles. The van der Waals surface area contributed by atoms with Gasteiger partial charge in [-0.1, -0.05) is 18.2 Å². The smallest absolute Gasteiger partial charge is 0.416 e. The van der Waals surface area contributed by atoms with Crippen LogP contribution in [-0.4, -0.2) is 29.4 Å². The fourth-order valence-corrected chi connectivity index (χ4v) is 4.02. The van der Waals surface area contributed by atoms with Crippen molar-refractivity contribution in [3.8, 4) is 6.07 Å². The first-order valence-corrected chi connectivity index (χ1v) is 10.6. The predicted molar refractivity (Wildman–Crippen MR) is 121 cm³/mol. The maximum atomic E-state index is 13.7. The highest BCUT2D eigenvalue weighted by Crippen LogP contribution is 2.43. The monoisotopic (exact) mass is 496 g/mol. The average molecular weight is 496 g/mol. The fourth-order valence-electron chi connectivity index (χ4n) is 4.02. The molecule has 8 nitrogen and oxygen atoms in total. The van der Waals surface area contributed by atoms with Crippen molar-refractivity contribution in [2.75, 3.05) is 11.4 Å². The number of allylic oxidation sites excluding steroid dienone is 2. The molecule has 2 atom stereocenters. The Morgan fingerprint density at radius 3 is 2.44 bits per heavy atom. The second-order valence-corrected chi connectivity index (χ2v) is 7.93. The molecule has 0 saturated heterocycles. The molecule has 2 amide bonds. The van der Waals surface area contributed by atoms with Gasteiger partial charge in [0.05, 0.1) is 30.2 Å². The quantitative estimate of drug-likeness (QED) is 0.462. The van der Waals surface area contributed by atoms with Crippen LogP contribution in [0.1, 0.15) is 36.0 Å². The molecule has 2 N–H and O–H groups in total. The van der Waals surface area contributed by atoms with E-state index in [1.54, 1.807) is 0 Å². The Balaban J connectivity index is 2.17. The van der Waals surface area contributed by atoms with E-state index in [4.69, 9.17) is 16.9 Å². The van der Waals surface area contributed by atoms with E-state index in [0.717, 1.165) is 23.1 Å². The van der Waals surface area contributed by atoms with E-state index >= 15 is 0 Å². The van der Waals surface area contributed by atoms with Gasteiger partial charge in [0.25, 0.3) is 0 Å². The standard InChI is InChI=1S/C25H19F3N4O4/c1-14-22(30-2)20(16-8-6-15(13-29)7-9-16)21(23(35)31-11-10-19(33)34)24(36)32(14)18-5-3-4-17(12-18)25(26,27)28/h3-9,12,20-21H,10-11H2,1H3,(H,31,35)(H,33,34). The molecule has 0 saturated carbocycles. The Morgan fingerprint density at radius 2 is 1.89 bits per heavy atom. The topological polar surface area (TPSA) is 115 Å². The zero-order chi connectivity index (χ0) is 26.6. The summed E-state index contributed by atoms with van der Waals surface area (Å²) in [7, 11) is 0. The normalized spacial score (nSPS) is 17.8. The largest absolute Gasteiger partial charge is 0.481 e. The molecule has 1 heterocycles. The SMILES string of the molecule is [C-]#[N+]C1=C(C)N(c2cccc(C(F)(F)F)c2)C(=O)C(C(=O)NCCC(=O)O)C1c1ccc(C#N)cc1. The van der Waals surface area contributed by atoms with Gasteiger partial charge in [-0.05, 0) is 42.8 Å². The van der Waals surface area contributed by atoms with E-state index in [0.29, 0.717) is 11.1 Å². The van der Waals surface area contributed by atoms with Gasteiger partial charge in [0, 0.05) is 23.8 Å². The van der Waals surface area contributed by atoms with Crippen LogP contribution in [0.5, 0.6) is 0 Å². The van der Waals surface area contributed by atoms with Crippen LogP contribution in [0.2, 0.25) is 0 Å². The molecule has 184 valence electrons. The van der Waals surface area contributed by atoms with Gasteiger partial charge in [0.2, 0.25) is 11.8 Å². The van der Waals surface area contributed by atoms with Crippen molar-refractivity contribution < 1.29 is 32.7 Å². The van der Waals surface area contributed by atoms with Crippen molar-refractivity contribution in [2.24, 2.45) is 5.92 Å². The number of nitriles is 1. The third-order valence-electron chi connectivity index (χ3n) is 5.69. The number of alkyl halides is 3. The number of benzene rings is 2. The summed E-state index contributed by atoms with van der Waals surface area (Å²) in [6.07, 6.45) is -5.11. The Labute approximate surface area is 204 Å². The second kappa shape index (κ2) is 10.3. The number of halogens is 3. The number of carbonyl (C=O) groups is 3. The second-order valence-electron chi connectivity index (χ2n) is 7.93. The highest BCUT2D eigenvalue weighted by Gasteiger charge is 2.47. The molecule has 0 fully saturated rings. The van der Waals surface area contributed by atoms with E-state index in [9.17, 15) is 27.6 Å². The predicted octanol–water partition coefficient (Wildman–Crippen LogP) is 4.07. The Bertz CT molecular complexity index is 1320. The van der Waals surface area contributed by atoms with E-state index in [-0.39, 0.29) is 23.6 Å². The zero-order valence-electron chi connectivity index (χ0n) is 18.8. The Hall–Kier alpha value is -4.64. The molecule has 1 aliphatic heterocycles. The van der Waals surface area contributed by atoms with Crippen LogP contribution in [0.4, 0.5) is 18.9 Å². The first-order valence-electron chi connectivity index (χ1n) is 10.6. The molecule has 0 spiro atoms. The number of carboxylic acid groups (broad SMARTS) is 1. The van der Waals surface area contributed by atoms with E-state index in [1.807, 2.05) is 6.07 Å². The number of amides is 2. The van der Waals surface area contributed by atoms with Crippen LogP contribution in [-0.2, 0) is 20.6 Å². The van der Waals surface area contributed by atoms with Crippen LogP contribution in [0, 0.1) is 23.8 Å². The Kier molecular flexibility index (Phi) is 7.45. The van der Waals surface area contributed by atoms with Crippen molar-refractivity contribution >= 4 is 23.5 Å². The molecular weight excluding hydrogens is 477 g/mol. The summed E-state index contributed by atoms with van der Waals surface area (Å²) in [5.74, 6) is -5.61. The van der Waals surface area contributed by atoms with Crippen molar-refractivity contribution in [1.82, 2.24) is 5.32 Å². The molecule has 1 aliphatic rings. The molecular formula is C25H19F3N4O4. The zero-order valence-corrected chi connectivity index (χ0v) is 18.8. The van der Waals surface area contributed by atoms with Crippen LogP contribution in [0.3, 0.4) is 0 Å². The Morgan fingerprint density at radius 1 is 1.22 bits per heavy atom. The summed E-state index contributed by atoms with van der Waals surface area (Å²) in [5, 5.41) is 20.3. The number of anilines is 1. The number of rotatable bonds is 6. The molecule has 2 unspecified atom stereocenters. The number of nitrogens with one attached hydrogen (secondary N) is 1. The molecule has 2 aromatic rings. The van der Waals surface area contributed by atoms with Gasteiger partial charge in [-0.25, -0.2) is 4.85 Å². The lowest BCUT2D eigenvalue weighted by Gasteiger charge is -2.38. The number of carbonyl (C=O) groups excluding carboxylic acids is 2. The third-order valence-corrected chi connectivity index (χ3v) is 5.69. The first-order chi connectivity index (χ1) is 17.0. The van der Waals surface area contributed by atoms with Crippen LogP contribution in [0.15, 0.2) is 59.9 Å². The number of aliphatic carboxylic acids is 1.